The smallest absolute Gasteiger partial charge is 0.423 e. The lowest BCUT2D eigenvalue weighted by Crippen LogP contribution is -2.36. The number of nitrogens with zero attached hydrogens (tertiary/aromatic N) is 1. The molecule has 1 heterocycles. The van der Waals surface area contributed by atoms with Crippen molar-refractivity contribution >= 4 is 18.3 Å². The van der Waals surface area contributed by atoms with Crippen LogP contribution in [0.2, 0.25) is 0 Å². The van der Waals surface area contributed by atoms with Gasteiger partial charge in [-0.3, -0.25) is 0 Å². The summed E-state index contributed by atoms with van der Waals surface area (Å²) in [5.74, 6) is 0.719. The Hall–Kier alpha value is -0.995. The lowest BCUT2D eigenvalue weighted by molar-refractivity contribution is 0.425. The molecule has 0 spiro atoms. The summed E-state index contributed by atoms with van der Waals surface area (Å²) in [5.41, 5.74) is 1.66. The molecular weight excluding hydrogens is 201 g/mol. The van der Waals surface area contributed by atoms with E-state index in [2.05, 4.69) is 11.8 Å². The van der Waals surface area contributed by atoms with E-state index in [-0.39, 0.29) is 0 Å². The molecule has 1 fully saturated rings. The molecule has 4 heteroatoms. The van der Waals surface area contributed by atoms with E-state index in [0.29, 0.717) is 5.46 Å². The molecule has 1 aromatic rings. The van der Waals surface area contributed by atoms with E-state index in [9.17, 15) is 0 Å². The van der Waals surface area contributed by atoms with Crippen LogP contribution in [0, 0.1) is 5.92 Å². The Morgan fingerprint density at radius 1 is 1.38 bits per heavy atom. The van der Waals surface area contributed by atoms with Gasteiger partial charge in [0.05, 0.1) is 0 Å². The number of anilines is 1. The Morgan fingerprint density at radius 3 is 2.88 bits per heavy atom. The summed E-state index contributed by atoms with van der Waals surface area (Å²) >= 11 is 0. The third kappa shape index (κ3) is 2.57. The van der Waals surface area contributed by atoms with Crippen LogP contribution in [0.5, 0.6) is 0 Å². The summed E-state index contributed by atoms with van der Waals surface area (Å²) in [4.78, 5) is 2.32. The average molecular weight is 219 g/mol. The summed E-state index contributed by atoms with van der Waals surface area (Å²) in [6, 6.07) is 7.51. The summed E-state index contributed by atoms with van der Waals surface area (Å²) in [6.07, 6.45) is 2.51. The molecule has 1 saturated heterocycles. The van der Waals surface area contributed by atoms with Gasteiger partial charge in [-0.15, -0.1) is 0 Å². The maximum atomic E-state index is 9.14. The van der Waals surface area contributed by atoms with Crippen molar-refractivity contribution in [2.75, 3.05) is 18.0 Å². The molecule has 2 rings (SSSR count). The van der Waals surface area contributed by atoms with Crippen molar-refractivity contribution in [1.29, 1.82) is 0 Å². The van der Waals surface area contributed by atoms with Gasteiger partial charge in [-0.25, -0.2) is 0 Å². The molecule has 2 N–H and O–H groups in total. The molecule has 3 nitrogen and oxygen atoms in total. The second-order valence-electron chi connectivity index (χ2n) is 4.66. The molecule has 0 saturated carbocycles. The highest BCUT2D eigenvalue weighted by Gasteiger charge is 2.18. The van der Waals surface area contributed by atoms with Gasteiger partial charge >= 0.3 is 7.12 Å². The summed E-state index contributed by atoms with van der Waals surface area (Å²) < 4.78 is 0. The molecule has 0 aromatic heterocycles. The normalized spacial score (nSPS) is 20.9. The molecule has 1 unspecified atom stereocenters. The van der Waals surface area contributed by atoms with Gasteiger partial charge in [0.1, 0.15) is 0 Å². The number of hydrogen-bond acceptors (Lipinski definition) is 3. The molecule has 16 heavy (non-hydrogen) atoms. The summed E-state index contributed by atoms with van der Waals surface area (Å²) in [5, 5.41) is 18.3. The van der Waals surface area contributed by atoms with E-state index >= 15 is 0 Å². The molecule has 0 radical (unpaired) electrons. The first-order valence-corrected chi connectivity index (χ1v) is 5.88. The zero-order valence-electron chi connectivity index (χ0n) is 9.63. The van der Waals surface area contributed by atoms with Gasteiger partial charge in [0, 0.05) is 18.8 Å². The van der Waals surface area contributed by atoms with Gasteiger partial charge in [0.2, 0.25) is 0 Å². The van der Waals surface area contributed by atoms with E-state index in [1.807, 2.05) is 18.2 Å². The standard InChI is InChI=1S/C12H18BNO2/c1-10-4-3-7-14(9-10)12-6-2-5-11(8-12)13(15)16/h2,5-6,8,10,15-16H,3-4,7,9H2,1H3. The molecule has 0 bridgehead atoms. The van der Waals surface area contributed by atoms with Crippen LogP contribution in [0.4, 0.5) is 5.69 Å². The Kier molecular flexibility index (Phi) is 3.51. The molecule has 86 valence electrons. The van der Waals surface area contributed by atoms with Crippen molar-refractivity contribution in [3.63, 3.8) is 0 Å². The van der Waals surface area contributed by atoms with E-state index < -0.39 is 7.12 Å². The lowest BCUT2D eigenvalue weighted by Gasteiger charge is -2.33. The fourth-order valence-corrected chi connectivity index (χ4v) is 2.31. The zero-order chi connectivity index (χ0) is 11.5. The highest BCUT2D eigenvalue weighted by molar-refractivity contribution is 6.58. The molecule has 1 atom stereocenters. The Bertz CT molecular complexity index is 357. The Morgan fingerprint density at radius 2 is 2.19 bits per heavy atom. The molecule has 1 aliphatic heterocycles. The highest BCUT2D eigenvalue weighted by Crippen LogP contribution is 2.21. The Balaban J connectivity index is 2.16. The van der Waals surface area contributed by atoms with Gasteiger partial charge in [0.25, 0.3) is 0 Å². The first-order valence-electron chi connectivity index (χ1n) is 5.88. The average Bonchev–Trinajstić information content (AvgIpc) is 2.29. The van der Waals surface area contributed by atoms with Crippen LogP contribution >= 0.6 is 0 Å². The van der Waals surface area contributed by atoms with Gasteiger partial charge in [-0.1, -0.05) is 19.1 Å². The van der Waals surface area contributed by atoms with Gasteiger partial charge in [-0.05, 0) is 36.4 Å². The van der Waals surface area contributed by atoms with Gasteiger partial charge in [-0.2, -0.15) is 0 Å². The van der Waals surface area contributed by atoms with Crippen molar-refractivity contribution in [3.8, 4) is 0 Å². The number of piperidine rings is 1. The van der Waals surface area contributed by atoms with Crippen molar-refractivity contribution in [3.05, 3.63) is 24.3 Å². The number of benzene rings is 1. The SMILES string of the molecule is CC1CCCN(c2cccc(B(O)O)c2)C1. The van der Waals surface area contributed by atoms with Crippen molar-refractivity contribution in [2.45, 2.75) is 19.8 Å². The second kappa shape index (κ2) is 4.89. The molecule has 0 aliphatic carbocycles. The van der Waals surface area contributed by atoms with Crippen molar-refractivity contribution in [2.24, 2.45) is 5.92 Å². The maximum absolute atomic E-state index is 9.14. The van der Waals surface area contributed by atoms with Crippen LogP contribution in [0.15, 0.2) is 24.3 Å². The zero-order valence-corrected chi connectivity index (χ0v) is 9.63. The fraction of sp³-hybridized carbons (Fsp3) is 0.500. The number of hydrogen-bond donors (Lipinski definition) is 2. The van der Waals surface area contributed by atoms with E-state index in [0.717, 1.165) is 24.7 Å². The van der Waals surface area contributed by atoms with Crippen LogP contribution in [-0.4, -0.2) is 30.3 Å². The van der Waals surface area contributed by atoms with Gasteiger partial charge in [0.15, 0.2) is 0 Å². The molecule has 1 aromatic carbocycles. The molecule has 1 aliphatic rings. The van der Waals surface area contributed by atoms with Crippen LogP contribution in [0.1, 0.15) is 19.8 Å². The van der Waals surface area contributed by atoms with E-state index in [1.165, 1.54) is 12.8 Å². The van der Waals surface area contributed by atoms with Crippen LogP contribution in [0.25, 0.3) is 0 Å². The van der Waals surface area contributed by atoms with Crippen molar-refractivity contribution in [1.82, 2.24) is 0 Å². The third-order valence-corrected chi connectivity index (χ3v) is 3.19. The monoisotopic (exact) mass is 219 g/mol. The summed E-state index contributed by atoms with van der Waals surface area (Å²) in [6.45, 7) is 4.39. The maximum Gasteiger partial charge on any atom is 0.488 e. The predicted octanol–water partition coefficient (Wildman–Crippen LogP) is 0.603. The summed E-state index contributed by atoms with van der Waals surface area (Å²) in [7, 11) is -1.37. The first kappa shape index (κ1) is 11.5. The molecule has 0 amide bonds. The third-order valence-electron chi connectivity index (χ3n) is 3.19. The fourth-order valence-electron chi connectivity index (χ4n) is 2.31. The van der Waals surface area contributed by atoms with E-state index in [4.69, 9.17) is 10.0 Å². The minimum Gasteiger partial charge on any atom is -0.423 e. The van der Waals surface area contributed by atoms with Crippen LogP contribution in [-0.2, 0) is 0 Å². The van der Waals surface area contributed by atoms with E-state index in [1.54, 1.807) is 6.07 Å². The lowest BCUT2D eigenvalue weighted by atomic mass is 9.80. The molecular formula is C12H18BNO2. The Labute approximate surface area is 96.9 Å². The van der Waals surface area contributed by atoms with Gasteiger partial charge < -0.3 is 14.9 Å². The van der Waals surface area contributed by atoms with Crippen LogP contribution < -0.4 is 10.4 Å². The van der Waals surface area contributed by atoms with Crippen molar-refractivity contribution < 1.29 is 10.0 Å². The highest BCUT2D eigenvalue weighted by atomic mass is 16.4. The minimum atomic E-state index is -1.37. The topological polar surface area (TPSA) is 43.7 Å². The minimum absolute atomic E-state index is 0.565. The van der Waals surface area contributed by atoms with Crippen LogP contribution in [0.3, 0.4) is 0 Å². The largest absolute Gasteiger partial charge is 0.488 e. The number of rotatable bonds is 2. The second-order valence-corrected chi connectivity index (χ2v) is 4.66. The first-order chi connectivity index (χ1) is 7.66. The predicted molar refractivity (Wildman–Crippen MR) is 66.9 cm³/mol. The quantitative estimate of drug-likeness (QED) is 0.716.